The number of hydrogen-bond acceptors (Lipinski definition) is 6. The summed E-state index contributed by atoms with van der Waals surface area (Å²) in [7, 11) is 1.38. The minimum absolute atomic E-state index is 0.0774. The standard InChI is InChI=1S/C14H19N3O6/c1-4-9(2)15-14(19)16-13(18)8-23-12-6-5-10(22-3)7-11(12)17(20)21/h5-7,9H,4,8H2,1-3H3,(H2,15,16,18,19)/t9-/m1/s1. The third-order valence-corrected chi connectivity index (χ3v) is 2.96. The van der Waals surface area contributed by atoms with Gasteiger partial charge in [-0.1, -0.05) is 6.92 Å². The molecule has 9 nitrogen and oxygen atoms in total. The molecule has 0 bridgehead atoms. The fourth-order valence-corrected chi connectivity index (χ4v) is 1.56. The molecule has 0 aliphatic rings. The van der Waals surface area contributed by atoms with Crippen LogP contribution in [0, 0.1) is 10.1 Å². The van der Waals surface area contributed by atoms with Gasteiger partial charge in [0.25, 0.3) is 5.91 Å². The number of carbonyl (C=O) groups is 2. The van der Waals surface area contributed by atoms with Crippen LogP contribution in [0.15, 0.2) is 18.2 Å². The van der Waals surface area contributed by atoms with E-state index in [-0.39, 0.29) is 17.5 Å². The first kappa shape index (κ1) is 18.2. The Kier molecular flexibility index (Phi) is 6.78. The Labute approximate surface area is 133 Å². The van der Waals surface area contributed by atoms with Crippen molar-refractivity contribution in [1.82, 2.24) is 10.6 Å². The topological polar surface area (TPSA) is 120 Å². The number of rotatable bonds is 7. The van der Waals surface area contributed by atoms with Gasteiger partial charge in [-0.3, -0.25) is 20.2 Å². The Morgan fingerprint density at radius 3 is 2.65 bits per heavy atom. The predicted molar refractivity (Wildman–Crippen MR) is 81.6 cm³/mol. The van der Waals surface area contributed by atoms with Crippen molar-refractivity contribution in [2.75, 3.05) is 13.7 Å². The SMILES string of the molecule is CC[C@@H](C)NC(=O)NC(=O)COc1ccc(OC)cc1[N+](=O)[O-]. The number of methoxy groups -OCH3 is 1. The summed E-state index contributed by atoms with van der Waals surface area (Å²) in [5.74, 6) is -0.509. The lowest BCUT2D eigenvalue weighted by atomic mass is 10.3. The summed E-state index contributed by atoms with van der Waals surface area (Å²) in [6.45, 7) is 3.15. The highest BCUT2D eigenvalue weighted by Gasteiger charge is 2.18. The number of nitrogens with one attached hydrogen (secondary N) is 2. The molecule has 0 saturated carbocycles. The highest BCUT2D eigenvalue weighted by Crippen LogP contribution is 2.30. The van der Waals surface area contributed by atoms with Crippen molar-refractivity contribution in [1.29, 1.82) is 0 Å². The number of ether oxygens (including phenoxy) is 2. The fraction of sp³-hybridized carbons (Fsp3) is 0.429. The molecule has 0 aliphatic heterocycles. The van der Waals surface area contributed by atoms with E-state index in [0.29, 0.717) is 5.75 Å². The number of nitrogens with zero attached hydrogens (tertiary/aromatic N) is 1. The molecule has 0 radical (unpaired) electrons. The summed E-state index contributed by atoms with van der Waals surface area (Å²) in [5.41, 5.74) is -0.332. The third-order valence-electron chi connectivity index (χ3n) is 2.96. The molecule has 1 atom stereocenters. The highest BCUT2D eigenvalue weighted by atomic mass is 16.6. The molecular formula is C14H19N3O6. The number of nitro groups is 1. The molecule has 0 unspecified atom stereocenters. The van der Waals surface area contributed by atoms with Gasteiger partial charge >= 0.3 is 11.7 Å². The van der Waals surface area contributed by atoms with Crippen LogP contribution in [0.1, 0.15) is 20.3 Å². The molecular weight excluding hydrogens is 306 g/mol. The maximum atomic E-state index is 11.6. The van der Waals surface area contributed by atoms with Crippen LogP contribution in [-0.2, 0) is 4.79 Å². The summed E-state index contributed by atoms with van der Waals surface area (Å²) in [6.07, 6.45) is 0.718. The van der Waals surface area contributed by atoms with Gasteiger partial charge in [-0.05, 0) is 25.5 Å². The van der Waals surface area contributed by atoms with Crippen molar-refractivity contribution in [3.8, 4) is 11.5 Å². The Morgan fingerprint density at radius 1 is 1.39 bits per heavy atom. The van der Waals surface area contributed by atoms with Crippen LogP contribution in [0.5, 0.6) is 11.5 Å². The van der Waals surface area contributed by atoms with Crippen LogP contribution in [-0.4, -0.2) is 36.6 Å². The monoisotopic (exact) mass is 325 g/mol. The zero-order valence-corrected chi connectivity index (χ0v) is 13.1. The molecule has 1 aromatic carbocycles. The van der Waals surface area contributed by atoms with Crippen LogP contribution < -0.4 is 20.1 Å². The molecule has 0 aliphatic carbocycles. The van der Waals surface area contributed by atoms with Crippen molar-refractivity contribution in [3.05, 3.63) is 28.3 Å². The number of urea groups is 1. The number of benzene rings is 1. The molecule has 0 saturated heterocycles. The van der Waals surface area contributed by atoms with E-state index in [4.69, 9.17) is 9.47 Å². The Hall–Kier alpha value is -2.84. The minimum Gasteiger partial charge on any atom is -0.496 e. The Morgan fingerprint density at radius 2 is 2.09 bits per heavy atom. The zero-order valence-electron chi connectivity index (χ0n) is 13.1. The van der Waals surface area contributed by atoms with Gasteiger partial charge in [0.05, 0.1) is 18.1 Å². The summed E-state index contributed by atoms with van der Waals surface area (Å²) >= 11 is 0. The van der Waals surface area contributed by atoms with Gasteiger partial charge in [0.2, 0.25) is 0 Å². The molecule has 3 amide bonds. The molecule has 23 heavy (non-hydrogen) atoms. The van der Waals surface area contributed by atoms with Gasteiger partial charge in [-0.25, -0.2) is 4.79 Å². The first-order valence-corrected chi connectivity index (χ1v) is 6.93. The second-order valence-corrected chi connectivity index (χ2v) is 4.71. The maximum Gasteiger partial charge on any atom is 0.321 e. The normalized spacial score (nSPS) is 11.3. The number of amides is 3. The molecule has 0 heterocycles. The molecule has 0 spiro atoms. The Balaban J connectivity index is 2.62. The summed E-state index contributed by atoms with van der Waals surface area (Å²) < 4.78 is 10.00. The van der Waals surface area contributed by atoms with Crippen molar-refractivity contribution in [2.24, 2.45) is 0 Å². The van der Waals surface area contributed by atoms with Crippen LogP contribution in [0.3, 0.4) is 0 Å². The van der Waals surface area contributed by atoms with Gasteiger partial charge in [0.1, 0.15) is 5.75 Å². The van der Waals surface area contributed by atoms with E-state index in [1.165, 1.54) is 25.3 Å². The van der Waals surface area contributed by atoms with Gasteiger partial charge < -0.3 is 14.8 Å². The average Bonchev–Trinajstić information content (AvgIpc) is 2.52. The second kappa shape index (κ2) is 8.57. The lowest BCUT2D eigenvalue weighted by Crippen LogP contribution is -2.44. The van der Waals surface area contributed by atoms with E-state index in [1.807, 2.05) is 6.92 Å². The first-order valence-electron chi connectivity index (χ1n) is 6.93. The van der Waals surface area contributed by atoms with Crippen molar-refractivity contribution in [2.45, 2.75) is 26.3 Å². The van der Waals surface area contributed by atoms with Gasteiger partial charge in [0.15, 0.2) is 12.4 Å². The zero-order chi connectivity index (χ0) is 17.4. The first-order chi connectivity index (χ1) is 10.9. The summed E-state index contributed by atoms with van der Waals surface area (Å²) in [6, 6.07) is 3.26. The quantitative estimate of drug-likeness (QED) is 0.580. The van der Waals surface area contributed by atoms with Crippen LogP contribution in [0.25, 0.3) is 0 Å². The van der Waals surface area contributed by atoms with Gasteiger partial charge in [-0.15, -0.1) is 0 Å². The highest BCUT2D eigenvalue weighted by molar-refractivity contribution is 5.95. The molecule has 0 aromatic heterocycles. The largest absolute Gasteiger partial charge is 0.496 e. The number of nitro benzene ring substituents is 1. The number of imide groups is 1. The lowest BCUT2D eigenvalue weighted by Gasteiger charge is -2.12. The van der Waals surface area contributed by atoms with E-state index in [9.17, 15) is 19.7 Å². The maximum absolute atomic E-state index is 11.6. The summed E-state index contributed by atoms with van der Waals surface area (Å²) in [4.78, 5) is 33.4. The van der Waals surface area contributed by atoms with Crippen LogP contribution in [0.2, 0.25) is 0 Å². The molecule has 1 aromatic rings. The van der Waals surface area contributed by atoms with E-state index in [0.717, 1.165) is 6.42 Å². The number of carbonyl (C=O) groups excluding carboxylic acids is 2. The number of hydrogen-bond donors (Lipinski definition) is 2. The molecule has 2 N–H and O–H groups in total. The van der Waals surface area contributed by atoms with E-state index < -0.39 is 23.5 Å². The minimum atomic E-state index is -0.712. The van der Waals surface area contributed by atoms with Crippen LogP contribution >= 0.6 is 0 Å². The van der Waals surface area contributed by atoms with E-state index >= 15 is 0 Å². The smallest absolute Gasteiger partial charge is 0.321 e. The fourth-order valence-electron chi connectivity index (χ4n) is 1.56. The van der Waals surface area contributed by atoms with Crippen molar-refractivity contribution >= 4 is 17.6 Å². The molecule has 9 heteroatoms. The van der Waals surface area contributed by atoms with E-state index in [2.05, 4.69) is 10.6 Å². The third kappa shape index (κ3) is 5.81. The van der Waals surface area contributed by atoms with Crippen LogP contribution in [0.4, 0.5) is 10.5 Å². The second-order valence-electron chi connectivity index (χ2n) is 4.71. The predicted octanol–water partition coefficient (Wildman–Crippen LogP) is 1.61. The average molecular weight is 325 g/mol. The van der Waals surface area contributed by atoms with Crippen molar-refractivity contribution in [3.63, 3.8) is 0 Å². The lowest BCUT2D eigenvalue weighted by molar-refractivity contribution is -0.385. The van der Waals surface area contributed by atoms with E-state index in [1.54, 1.807) is 6.92 Å². The summed E-state index contributed by atoms with van der Waals surface area (Å²) in [5, 5.41) is 15.6. The molecule has 1 rings (SSSR count). The van der Waals surface area contributed by atoms with Gasteiger partial charge in [-0.2, -0.15) is 0 Å². The van der Waals surface area contributed by atoms with Gasteiger partial charge in [0, 0.05) is 6.04 Å². The Bertz CT molecular complexity index is 590. The van der Waals surface area contributed by atoms with Crippen molar-refractivity contribution < 1.29 is 24.0 Å². The molecule has 126 valence electrons. The molecule has 0 fully saturated rings.